The van der Waals surface area contributed by atoms with E-state index < -0.39 is 0 Å². The lowest BCUT2D eigenvalue weighted by Crippen LogP contribution is -1.95. The Labute approximate surface area is 389 Å². The SMILES string of the molecule is Cc1ccccc1-c1ccc(-c2ccccc2)c2c1-c1ccc3c4ccc5c6c(ccc(c7ccc-2c1c73)c64)-c1c-5c(-c2ccccc2-c2ccccc2)c2ccccc2c1-c1ccccc1. The van der Waals surface area contributed by atoms with E-state index in [1.165, 1.54) is 160 Å². The van der Waals surface area contributed by atoms with Gasteiger partial charge in [0.2, 0.25) is 0 Å². The Hall–Kier alpha value is -8.58. The zero-order valence-corrected chi connectivity index (χ0v) is 36.9. The van der Waals surface area contributed by atoms with E-state index >= 15 is 0 Å². The van der Waals surface area contributed by atoms with Crippen molar-refractivity contribution in [2.75, 3.05) is 0 Å². The molecule has 0 aromatic heterocycles. The molecule has 0 radical (unpaired) electrons. The third kappa shape index (κ3) is 4.92. The van der Waals surface area contributed by atoms with Gasteiger partial charge in [0.25, 0.3) is 0 Å². The van der Waals surface area contributed by atoms with E-state index in [1.807, 2.05) is 0 Å². The minimum atomic E-state index is 1.22. The van der Waals surface area contributed by atoms with Crippen molar-refractivity contribution in [3.05, 3.63) is 230 Å². The molecule has 0 fully saturated rings. The fourth-order valence-electron chi connectivity index (χ4n) is 12.6. The molecule has 13 aromatic carbocycles. The second-order valence-corrected chi connectivity index (χ2v) is 18.6. The van der Waals surface area contributed by atoms with Crippen molar-refractivity contribution >= 4 is 53.9 Å². The molecule has 2 aliphatic carbocycles. The smallest absolute Gasteiger partial charge is 0.000718 e. The molecule has 0 bridgehead atoms. The Balaban J connectivity index is 1.06. The minimum absolute atomic E-state index is 1.22. The van der Waals surface area contributed by atoms with Crippen molar-refractivity contribution in [2.24, 2.45) is 0 Å². The first-order valence-electron chi connectivity index (χ1n) is 23.5. The quantitative estimate of drug-likeness (QED) is 0.120. The van der Waals surface area contributed by atoms with Crippen LogP contribution in [0.5, 0.6) is 0 Å². The topological polar surface area (TPSA) is 0 Å². The maximum absolute atomic E-state index is 2.46. The summed E-state index contributed by atoms with van der Waals surface area (Å²) in [6.07, 6.45) is 0. The standard InChI is InChI=1S/C67H40/c1-39-17-11-12-24-43(39)49-30-29-45(41-20-7-3-8-21-41)59-54-35-31-50-52-33-37-56-65-57(38-34-53(61(52)65)51-32-36-55(63(49)59)64(54)60(50)51)67-62(46-26-14-13-25-44(46)40-18-5-2-6-19-40)48-28-16-15-27-47(48)58(66(56)67)42-22-9-4-10-23-42/h2-38H,1H3. The van der Waals surface area contributed by atoms with Crippen LogP contribution in [0, 0.1) is 6.92 Å². The summed E-state index contributed by atoms with van der Waals surface area (Å²) in [5.74, 6) is 0. The van der Waals surface area contributed by atoms with Gasteiger partial charge >= 0.3 is 0 Å². The maximum Gasteiger partial charge on any atom is -0.000718 e. The molecule has 13 aromatic rings. The largest absolute Gasteiger partial charge is 0.0622 e. The van der Waals surface area contributed by atoms with Gasteiger partial charge in [0.15, 0.2) is 0 Å². The van der Waals surface area contributed by atoms with Crippen LogP contribution in [0.25, 0.3) is 154 Å². The van der Waals surface area contributed by atoms with Gasteiger partial charge in [-0.05, 0) is 166 Å². The summed E-state index contributed by atoms with van der Waals surface area (Å²) in [5, 5.41) is 13.2. The van der Waals surface area contributed by atoms with Crippen molar-refractivity contribution < 1.29 is 0 Å². The Bertz CT molecular complexity index is 4210. The van der Waals surface area contributed by atoms with Gasteiger partial charge in [-0.15, -0.1) is 0 Å². The molecule has 0 atom stereocenters. The van der Waals surface area contributed by atoms with Gasteiger partial charge in [0.1, 0.15) is 0 Å². The number of rotatable bonds is 5. The second kappa shape index (κ2) is 13.7. The van der Waals surface area contributed by atoms with Crippen molar-refractivity contribution in [3.63, 3.8) is 0 Å². The van der Waals surface area contributed by atoms with Crippen molar-refractivity contribution in [1.29, 1.82) is 0 Å². The van der Waals surface area contributed by atoms with E-state index in [0.717, 1.165) is 0 Å². The van der Waals surface area contributed by atoms with Crippen LogP contribution in [0.15, 0.2) is 224 Å². The van der Waals surface area contributed by atoms with Gasteiger partial charge in [0, 0.05) is 0 Å². The van der Waals surface area contributed by atoms with E-state index in [1.54, 1.807) is 0 Å². The van der Waals surface area contributed by atoms with Crippen LogP contribution in [0.1, 0.15) is 5.56 Å². The van der Waals surface area contributed by atoms with Crippen molar-refractivity contribution in [1.82, 2.24) is 0 Å². The zero-order valence-electron chi connectivity index (χ0n) is 36.9. The Kier molecular flexibility index (Phi) is 7.52. The molecule has 0 heteroatoms. The monoisotopic (exact) mass is 844 g/mol. The molecule has 308 valence electrons. The summed E-state index contributed by atoms with van der Waals surface area (Å²) >= 11 is 0. The highest BCUT2D eigenvalue weighted by molar-refractivity contribution is 6.42. The molecule has 0 spiro atoms. The first-order valence-corrected chi connectivity index (χ1v) is 23.5. The van der Waals surface area contributed by atoms with Gasteiger partial charge in [-0.25, -0.2) is 0 Å². The van der Waals surface area contributed by atoms with Crippen LogP contribution >= 0.6 is 0 Å². The number of hydrogen-bond donors (Lipinski definition) is 0. The fourth-order valence-corrected chi connectivity index (χ4v) is 12.6. The molecule has 67 heavy (non-hydrogen) atoms. The molecule has 0 heterocycles. The summed E-state index contributed by atoms with van der Waals surface area (Å²) in [5.41, 5.74) is 24.6. The summed E-state index contributed by atoms with van der Waals surface area (Å²) in [4.78, 5) is 0. The predicted octanol–water partition coefficient (Wildman–Crippen LogP) is 18.8. The summed E-state index contributed by atoms with van der Waals surface area (Å²) in [6.45, 7) is 2.24. The first kappa shape index (κ1) is 36.7. The zero-order chi connectivity index (χ0) is 43.9. The number of aryl methyl sites for hydroxylation is 1. The maximum atomic E-state index is 2.46. The second-order valence-electron chi connectivity index (χ2n) is 18.6. The van der Waals surface area contributed by atoms with Crippen LogP contribution in [-0.4, -0.2) is 0 Å². The molecule has 0 N–H and O–H groups in total. The lowest BCUT2D eigenvalue weighted by molar-refractivity contribution is 1.46. The van der Waals surface area contributed by atoms with Crippen LogP contribution in [0.3, 0.4) is 0 Å². The number of fused-ring (bicyclic) bond motifs is 9. The lowest BCUT2D eigenvalue weighted by atomic mass is 9.81. The van der Waals surface area contributed by atoms with E-state index in [9.17, 15) is 0 Å². The molecular formula is C67H40. The molecular weight excluding hydrogens is 805 g/mol. The molecule has 0 saturated heterocycles. The third-order valence-corrected chi connectivity index (χ3v) is 15.3. The van der Waals surface area contributed by atoms with Crippen molar-refractivity contribution in [2.45, 2.75) is 6.92 Å². The molecule has 2 aliphatic rings. The highest BCUT2D eigenvalue weighted by atomic mass is 14.4. The Morgan fingerprint density at radius 1 is 0.179 bits per heavy atom. The molecule has 0 nitrogen and oxygen atoms in total. The molecule has 0 saturated carbocycles. The predicted molar refractivity (Wildman–Crippen MR) is 286 cm³/mol. The number of hydrogen-bond acceptors (Lipinski definition) is 0. The average Bonchev–Trinajstić information content (AvgIpc) is 3.92. The molecule has 0 aliphatic heterocycles. The van der Waals surface area contributed by atoms with Gasteiger partial charge in [0.05, 0.1) is 0 Å². The highest BCUT2D eigenvalue weighted by Gasteiger charge is 2.34. The van der Waals surface area contributed by atoms with E-state index in [4.69, 9.17) is 0 Å². The highest BCUT2D eigenvalue weighted by Crippen LogP contribution is 2.62. The normalized spacial score (nSPS) is 12.3. The van der Waals surface area contributed by atoms with Gasteiger partial charge in [-0.1, -0.05) is 224 Å². The minimum Gasteiger partial charge on any atom is -0.0622 e. The molecule has 15 rings (SSSR count). The average molecular weight is 845 g/mol. The Morgan fingerprint density at radius 3 is 1.10 bits per heavy atom. The van der Waals surface area contributed by atoms with E-state index in [2.05, 4.69) is 231 Å². The van der Waals surface area contributed by atoms with Gasteiger partial charge < -0.3 is 0 Å². The summed E-state index contributed by atoms with van der Waals surface area (Å²) in [7, 11) is 0. The van der Waals surface area contributed by atoms with Crippen LogP contribution < -0.4 is 0 Å². The third-order valence-electron chi connectivity index (χ3n) is 15.3. The fraction of sp³-hybridized carbons (Fsp3) is 0.0149. The van der Waals surface area contributed by atoms with Crippen LogP contribution in [0.4, 0.5) is 0 Å². The van der Waals surface area contributed by atoms with Crippen LogP contribution in [-0.2, 0) is 0 Å². The van der Waals surface area contributed by atoms with Crippen LogP contribution in [0.2, 0.25) is 0 Å². The van der Waals surface area contributed by atoms with Crippen molar-refractivity contribution in [3.8, 4) is 100 Å². The molecule has 0 unspecified atom stereocenters. The van der Waals surface area contributed by atoms with E-state index in [-0.39, 0.29) is 0 Å². The number of benzene rings is 13. The first-order chi connectivity index (χ1) is 33.2. The lowest BCUT2D eigenvalue weighted by Gasteiger charge is -2.22. The summed E-state index contributed by atoms with van der Waals surface area (Å²) < 4.78 is 0. The van der Waals surface area contributed by atoms with Gasteiger partial charge in [-0.2, -0.15) is 0 Å². The summed E-state index contributed by atoms with van der Waals surface area (Å²) in [6, 6.07) is 84.3. The van der Waals surface area contributed by atoms with Gasteiger partial charge in [-0.3, -0.25) is 0 Å². The van der Waals surface area contributed by atoms with E-state index in [0.29, 0.717) is 0 Å². The Morgan fingerprint density at radius 2 is 0.552 bits per heavy atom. The molecule has 0 amide bonds.